The van der Waals surface area contributed by atoms with Crippen molar-refractivity contribution in [3.63, 3.8) is 0 Å². The molecule has 3 heteroatoms. The monoisotopic (exact) mass is 181 g/mol. The molecule has 0 aliphatic carbocycles. The lowest BCUT2D eigenvalue weighted by atomic mass is 10.3. The van der Waals surface area contributed by atoms with E-state index < -0.39 is 0 Å². The van der Waals surface area contributed by atoms with E-state index in [-0.39, 0.29) is 19.5 Å². The second-order valence-corrected chi connectivity index (χ2v) is 2.51. The highest BCUT2D eigenvalue weighted by Gasteiger charge is 2.01. The Labute approximate surface area is 77.9 Å². The van der Waals surface area contributed by atoms with E-state index in [1.54, 1.807) is 19.1 Å². The summed E-state index contributed by atoms with van der Waals surface area (Å²) in [7, 11) is 0. The van der Waals surface area contributed by atoms with Crippen molar-refractivity contribution in [3.8, 4) is 5.75 Å². The molecule has 1 atom stereocenters. The number of benzene rings is 1. The Morgan fingerprint density at radius 1 is 1.54 bits per heavy atom. The lowest BCUT2D eigenvalue weighted by Crippen LogP contribution is -2.18. The Balaban J connectivity index is 2.32. The van der Waals surface area contributed by atoms with Crippen molar-refractivity contribution in [3.05, 3.63) is 30.3 Å². The lowest BCUT2D eigenvalue weighted by molar-refractivity contribution is -0.0761. The molecule has 1 aromatic carbocycles. The molecule has 0 aromatic heterocycles. The number of ether oxygens (including phenoxy) is 2. The molecule has 0 aliphatic heterocycles. The van der Waals surface area contributed by atoms with E-state index in [0.29, 0.717) is 5.75 Å². The van der Waals surface area contributed by atoms with Gasteiger partial charge in [-0.25, -0.2) is 0 Å². The first-order valence-corrected chi connectivity index (χ1v) is 4.19. The fraction of sp³-hybridized carbons (Fsp3) is 0.400. The zero-order chi connectivity index (χ0) is 9.52. The van der Waals surface area contributed by atoms with Crippen molar-refractivity contribution in [2.45, 2.75) is 13.2 Å². The predicted molar refractivity (Wildman–Crippen MR) is 48.4 cm³/mol. The molecule has 0 fully saturated rings. The van der Waals surface area contributed by atoms with Gasteiger partial charge in [0.1, 0.15) is 5.75 Å². The maximum Gasteiger partial charge on any atom is 0.197 e. The highest BCUT2D eigenvalue weighted by atomic mass is 16.7. The molecule has 0 heterocycles. The van der Waals surface area contributed by atoms with Crippen LogP contribution in [0, 0.1) is 6.07 Å². The van der Waals surface area contributed by atoms with E-state index in [1.165, 1.54) is 0 Å². The number of para-hydroxylation sites is 1. The third-order valence-corrected chi connectivity index (χ3v) is 1.42. The van der Waals surface area contributed by atoms with Crippen LogP contribution in [0.5, 0.6) is 5.75 Å². The maximum atomic E-state index is 8.49. The standard InChI is InChI=1S/C10H13O3/c1-9(12-8-7-11)13-10-5-3-2-4-6-10/h2-5,9,11H,7-8H2,1H3. The maximum absolute atomic E-state index is 8.49. The first-order chi connectivity index (χ1) is 6.33. The molecule has 1 rings (SSSR count). The molecular formula is C10H13O3. The Morgan fingerprint density at radius 2 is 2.38 bits per heavy atom. The second-order valence-electron chi connectivity index (χ2n) is 2.51. The summed E-state index contributed by atoms with van der Waals surface area (Å²) in [6.07, 6.45) is -0.356. The van der Waals surface area contributed by atoms with Gasteiger partial charge in [-0.05, 0) is 13.0 Å². The first-order valence-electron chi connectivity index (χ1n) is 4.19. The fourth-order valence-corrected chi connectivity index (χ4v) is 0.882. The van der Waals surface area contributed by atoms with Gasteiger partial charge < -0.3 is 14.6 Å². The minimum absolute atomic E-state index is 0.00615. The molecule has 71 valence electrons. The molecular weight excluding hydrogens is 168 g/mol. The molecule has 1 N–H and O–H groups in total. The van der Waals surface area contributed by atoms with E-state index in [1.807, 2.05) is 12.1 Å². The van der Waals surface area contributed by atoms with Crippen LogP contribution in [-0.2, 0) is 4.74 Å². The number of hydrogen-bond acceptors (Lipinski definition) is 3. The normalized spacial score (nSPS) is 12.5. The number of rotatable bonds is 5. The van der Waals surface area contributed by atoms with Crippen LogP contribution in [0.3, 0.4) is 0 Å². The zero-order valence-electron chi connectivity index (χ0n) is 7.56. The summed E-state index contributed by atoms with van der Waals surface area (Å²) < 4.78 is 10.4. The van der Waals surface area contributed by atoms with Gasteiger partial charge in [0.05, 0.1) is 13.2 Å². The third kappa shape index (κ3) is 3.92. The molecule has 13 heavy (non-hydrogen) atoms. The first kappa shape index (κ1) is 10.0. The Bertz CT molecular complexity index is 223. The van der Waals surface area contributed by atoms with E-state index >= 15 is 0 Å². The van der Waals surface area contributed by atoms with Crippen LogP contribution in [0.4, 0.5) is 0 Å². The van der Waals surface area contributed by atoms with Crippen molar-refractivity contribution in [2.24, 2.45) is 0 Å². The van der Waals surface area contributed by atoms with Crippen molar-refractivity contribution in [2.75, 3.05) is 13.2 Å². The number of hydrogen-bond donors (Lipinski definition) is 1. The number of aliphatic hydroxyl groups excluding tert-OH is 1. The SMILES string of the molecule is CC(OCCO)Oc1[c]cccc1. The minimum Gasteiger partial charge on any atom is -0.465 e. The zero-order valence-corrected chi connectivity index (χ0v) is 7.56. The van der Waals surface area contributed by atoms with Crippen molar-refractivity contribution < 1.29 is 14.6 Å². The molecule has 0 saturated carbocycles. The summed E-state index contributed by atoms with van der Waals surface area (Å²) in [6, 6.07) is 10.2. The van der Waals surface area contributed by atoms with E-state index in [9.17, 15) is 0 Å². The summed E-state index contributed by atoms with van der Waals surface area (Å²) in [5.74, 6) is 0.646. The van der Waals surface area contributed by atoms with Gasteiger partial charge in [0.15, 0.2) is 6.29 Å². The molecule has 1 unspecified atom stereocenters. The summed E-state index contributed by atoms with van der Waals surface area (Å²) >= 11 is 0. The van der Waals surface area contributed by atoms with Crippen LogP contribution in [0.2, 0.25) is 0 Å². The van der Waals surface area contributed by atoms with Crippen LogP contribution in [0.1, 0.15) is 6.92 Å². The van der Waals surface area contributed by atoms with Gasteiger partial charge in [0.2, 0.25) is 0 Å². The van der Waals surface area contributed by atoms with E-state index in [4.69, 9.17) is 14.6 Å². The average molecular weight is 181 g/mol. The summed E-state index contributed by atoms with van der Waals surface area (Å²) in [6.45, 7) is 2.07. The lowest BCUT2D eigenvalue weighted by Gasteiger charge is -2.13. The summed E-state index contributed by atoms with van der Waals surface area (Å²) in [5.41, 5.74) is 0. The second kappa shape index (κ2) is 5.56. The van der Waals surface area contributed by atoms with Crippen LogP contribution in [0.25, 0.3) is 0 Å². The Morgan fingerprint density at radius 3 is 3.00 bits per heavy atom. The third-order valence-electron chi connectivity index (χ3n) is 1.42. The van der Waals surface area contributed by atoms with E-state index in [0.717, 1.165) is 0 Å². The fourth-order valence-electron chi connectivity index (χ4n) is 0.882. The quantitative estimate of drug-likeness (QED) is 0.694. The minimum atomic E-state index is -0.356. The Hall–Kier alpha value is -1.06. The van der Waals surface area contributed by atoms with Gasteiger partial charge in [-0.3, -0.25) is 0 Å². The molecule has 0 aliphatic rings. The van der Waals surface area contributed by atoms with Crippen LogP contribution < -0.4 is 4.74 Å². The molecule has 0 bridgehead atoms. The largest absolute Gasteiger partial charge is 0.465 e. The average Bonchev–Trinajstić information content (AvgIpc) is 2.16. The molecule has 0 saturated heterocycles. The van der Waals surface area contributed by atoms with Gasteiger partial charge in [-0.1, -0.05) is 18.2 Å². The Kier molecular flexibility index (Phi) is 4.29. The molecule has 1 radical (unpaired) electrons. The van der Waals surface area contributed by atoms with Gasteiger partial charge in [-0.2, -0.15) is 0 Å². The topological polar surface area (TPSA) is 38.7 Å². The van der Waals surface area contributed by atoms with Gasteiger partial charge >= 0.3 is 0 Å². The van der Waals surface area contributed by atoms with E-state index in [2.05, 4.69) is 6.07 Å². The predicted octanol–water partition coefficient (Wildman–Crippen LogP) is 1.22. The van der Waals surface area contributed by atoms with Crippen molar-refractivity contribution in [1.82, 2.24) is 0 Å². The summed E-state index contributed by atoms with van der Waals surface area (Å²) in [4.78, 5) is 0. The van der Waals surface area contributed by atoms with Crippen LogP contribution in [-0.4, -0.2) is 24.6 Å². The van der Waals surface area contributed by atoms with Crippen molar-refractivity contribution in [1.29, 1.82) is 0 Å². The van der Waals surface area contributed by atoms with Crippen LogP contribution in [0.15, 0.2) is 24.3 Å². The van der Waals surface area contributed by atoms with Gasteiger partial charge in [0.25, 0.3) is 0 Å². The molecule has 0 amide bonds. The molecule has 3 nitrogen and oxygen atoms in total. The van der Waals surface area contributed by atoms with Gasteiger partial charge in [0, 0.05) is 6.07 Å². The molecule has 1 aromatic rings. The summed E-state index contributed by atoms with van der Waals surface area (Å²) in [5, 5.41) is 8.49. The van der Waals surface area contributed by atoms with Crippen molar-refractivity contribution >= 4 is 0 Å². The van der Waals surface area contributed by atoms with Gasteiger partial charge in [-0.15, -0.1) is 0 Å². The highest BCUT2D eigenvalue weighted by Crippen LogP contribution is 2.09. The smallest absolute Gasteiger partial charge is 0.197 e. The molecule has 0 spiro atoms. The van der Waals surface area contributed by atoms with Crippen LogP contribution >= 0.6 is 0 Å². The number of aliphatic hydroxyl groups is 1. The highest BCUT2D eigenvalue weighted by molar-refractivity contribution is 5.19.